The van der Waals surface area contributed by atoms with Gasteiger partial charge < -0.3 is 15.3 Å². The van der Waals surface area contributed by atoms with E-state index in [4.69, 9.17) is 0 Å². The lowest BCUT2D eigenvalue weighted by atomic mass is 9.78. The molecule has 1 unspecified atom stereocenters. The van der Waals surface area contributed by atoms with E-state index >= 15 is 0 Å². The number of nitrogens with zero attached hydrogens (tertiary/aromatic N) is 2. The molecule has 26 heavy (non-hydrogen) atoms. The number of piperidine rings is 1. The number of likely N-dealkylation sites (tertiary alicyclic amines) is 1. The molecule has 3 aliphatic heterocycles. The Morgan fingerprint density at radius 3 is 2.65 bits per heavy atom. The van der Waals surface area contributed by atoms with Crippen LogP contribution in [0.3, 0.4) is 0 Å². The Morgan fingerprint density at radius 1 is 1.19 bits per heavy atom. The summed E-state index contributed by atoms with van der Waals surface area (Å²) in [6.45, 7) is 2.28. The van der Waals surface area contributed by atoms with Crippen LogP contribution < -0.4 is 10.2 Å². The highest BCUT2D eigenvalue weighted by atomic mass is 16.4. The average Bonchev–Trinajstić information content (AvgIpc) is 3.18. The molecule has 0 bridgehead atoms. The van der Waals surface area contributed by atoms with Crippen LogP contribution in [0.25, 0.3) is 0 Å². The summed E-state index contributed by atoms with van der Waals surface area (Å²) in [5, 5.41) is 12.3. The van der Waals surface area contributed by atoms with E-state index in [9.17, 15) is 19.5 Å². The van der Waals surface area contributed by atoms with Crippen LogP contribution in [0.2, 0.25) is 0 Å². The number of amides is 2. The Kier molecular flexibility index (Phi) is 4.19. The molecule has 7 nitrogen and oxygen atoms in total. The largest absolute Gasteiger partial charge is 0.481 e. The Morgan fingerprint density at radius 2 is 1.92 bits per heavy atom. The number of para-hydroxylation sites is 1. The molecule has 3 aliphatic rings. The summed E-state index contributed by atoms with van der Waals surface area (Å²) in [5.41, 5.74) is 1.55. The zero-order valence-electron chi connectivity index (χ0n) is 14.6. The molecule has 1 atom stereocenters. The van der Waals surface area contributed by atoms with Crippen LogP contribution in [0.1, 0.15) is 24.8 Å². The number of carboxylic acids is 1. The number of rotatable bonds is 3. The molecule has 2 amide bonds. The van der Waals surface area contributed by atoms with Crippen molar-refractivity contribution in [2.24, 2.45) is 5.92 Å². The summed E-state index contributed by atoms with van der Waals surface area (Å²) in [5.74, 6) is -1.69. The number of fused-ring (bicyclic) bond motifs is 1. The molecule has 3 heterocycles. The highest BCUT2D eigenvalue weighted by molar-refractivity contribution is 5.96. The van der Waals surface area contributed by atoms with Crippen molar-refractivity contribution in [1.82, 2.24) is 10.2 Å². The van der Waals surface area contributed by atoms with E-state index in [0.717, 1.165) is 12.1 Å². The molecular weight excluding hydrogens is 334 g/mol. The fourth-order valence-corrected chi connectivity index (χ4v) is 4.58. The molecule has 0 saturated carbocycles. The van der Waals surface area contributed by atoms with Crippen molar-refractivity contribution in [2.75, 3.05) is 31.1 Å². The monoisotopic (exact) mass is 357 g/mol. The van der Waals surface area contributed by atoms with Crippen molar-refractivity contribution < 1.29 is 19.5 Å². The second-order valence-electron chi connectivity index (χ2n) is 7.50. The smallest absolute Gasteiger partial charge is 0.309 e. The van der Waals surface area contributed by atoms with Crippen molar-refractivity contribution in [3.63, 3.8) is 0 Å². The van der Waals surface area contributed by atoms with Gasteiger partial charge in [0.05, 0.1) is 18.0 Å². The van der Waals surface area contributed by atoms with E-state index < -0.39 is 17.4 Å². The molecule has 138 valence electrons. The fourth-order valence-electron chi connectivity index (χ4n) is 4.58. The van der Waals surface area contributed by atoms with Crippen molar-refractivity contribution >= 4 is 23.5 Å². The summed E-state index contributed by atoms with van der Waals surface area (Å²) in [6, 6.07) is 7.98. The number of carbonyl (C=O) groups is 3. The third-order valence-corrected chi connectivity index (χ3v) is 6.04. The number of carbonyl (C=O) groups excluding carboxylic acids is 2. The van der Waals surface area contributed by atoms with Gasteiger partial charge in [-0.3, -0.25) is 19.3 Å². The average molecular weight is 357 g/mol. The van der Waals surface area contributed by atoms with Crippen LogP contribution in [0, 0.1) is 5.92 Å². The van der Waals surface area contributed by atoms with Gasteiger partial charge in [0.2, 0.25) is 11.8 Å². The summed E-state index contributed by atoms with van der Waals surface area (Å²) >= 11 is 0. The summed E-state index contributed by atoms with van der Waals surface area (Å²) in [6.07, 6.45) is 2.08. The highest BCUT2D eigenvalue weighted by Crippen LogP contribution is 2.37. The first-order valence-electron chi connectivity index (χ1n) is 9.13. The maximum atomic E-state index is 12.7. The summed E-state index contributed by atoms with van der Waals surface area (Å²) in [7, 11) is 0. The molecule has 1 spiro atoms. The van der Waals surface area contributed by atoms with E-state index in [-0.39, 0.29) is 18.2 Å². The van der Waals surface area contributed by atoms with Crippen LogP contribution in [0.5, 0.6) is 0 Å². The van der Waals surface area contributed by atoms with E-state index in [0.29, 0.717) is 39.0 Å². The van der Waals surface area contributed by atoms with Crippen molar-refractivity contribution in [1.29, 1.82) is 0 Å². The molecule has 2 N–H and O–H groups in total. The number of anilines is 1. The third-order valence-electron chi connectivity index (χ3n) is 6.04. The molecule has 0 aromatic heterocycles. The maximum absolute atomic E-state index is 12.7. The molecular formula is C19H23N3O4. The van der Waals surface area contributed by atoms with Crippen molar-refractivity contribution in [3.8, 4) is 0 Å². The second kappa shape index (κ2) is 6.39. The van der Waals surface area contributed by atoms with E-state index in [1.807, 2.05) is 23.1 Å². The Labute approximate surface area is 152 Å². The quantitative estimate of drug-likeness (QED) is 0.828. The van der Waals surface area contributed by atoms with Gasteiger partial charge in [-0.05, 0) is 30.9 Å². The van der Waals surface area contributed by atoms with E-state index in [1.165, 1.54) is 5.56 Å². The van der Waals surface area contributed by atoms with Crippen LogP contribution >= 0.6 is 0 Å². The van der Waals surface area contributed by atoms with E-state index in [2.05, 4.69) is 16.3 Å². The van der Waals surface area contributed by atoms with Gasteiger partial charge in [0, 0.05) is 31.7 Å². The highest BCUT2D eigenvalue weighted by Gasteiger charge is 2.51. The van der Waals surface area contributed by atoms with Gasteiger partial charge in [-0.2, -0.15) is 0 Å². The Hall–Kier alpha value is -2.41. The molecule has 0 aliphatic carbocycles. The maximum Gasteiger partial charge on any atom is 0.309 e. The summed E-state index contributed by atoms with van der Waals surface area (Å²) in [4.78, 5) is 39.9. The van der Waals surface area contributed by atoms with Gasteiger partial charge >= 0.3 is 5.97 Å². The molecule has 1 aromatic carbocycles. The van der Waals surface area contributed by atoms with Crippen LogP contribution in [-0.4, -0.2) is 59.5 Å². The lowest BCUT2D eigenvalue weighted by molar-refractivity contribution is -0.144. The number of hydrogen-bond acceptors (Lipinski definition) is 4. The second-order valence-corrected chi connectivity index (χ2v) is 7.50. The van der Waals surface area contributed by atoms with Crippen LogP contribution in [-0.2, 0) is 20.8 Å². The van der Waals surface area contributed by atoms with E-state index in [1.54, 1.807) is 0 Å². The minimum Gasteiger partial charge on any atom is -0.481 e. The number of carboxylic acid groups (broad SMARTS) is 1. The Balaban J connectivity index is 1.38. The molecule has 1 aromatic rings. The third kappa shape index (κ3) is 2.86. The zero-order chi connectivity index (χ0) is 18.3. The van der Waals surface area contributed by atoms with Crippen LogP contribution in [0.15, 0.2) is 24.3 Å². The number of hydrogen-bond donors (Lipinski definition) is 2. The zero-order valence-corrected chi connectivity index (χ0v) is 14.6. The van der Waals surface area contributed by atoms with Gasteiger partial charge in [0.15, 0.2) is 0 Å². The first-order valence-corrected chi connectivity index (χ1v) is 9.13. The standard InChI is InChI=1S/C19H23N3O4/c23-16-11-14(18(25)26)19(20-16)6-9-21(10-7-19)12-17(24)22-8-5-13-3-1-2-4-15(13)22/h1-4,14H,5-12H2,(H,20,23)(H,25,26). The van der Waals surface area contributed by atoms with Crippen molar-refractivity contribution in [2.45, 2.75) is 31.2 Å². The number of nitrogens with one attached hydrogen (secondary N) is 1. The molecule has 2 fully saturated rings. The summed E-state index contributed by atoms with van der Waals surface area (Å²) < 4.78 is 0. The molecule has 0 radical (unpaired) electrons. The van der Waals surface area contributed by atoms with Gasteiger partial charge in [-0.15, -0.1) is 0 Å². The van der Waals surface area contributed by atoms with Crippen molar-refractivity contribution in [3.05, 3.63) is 29.8 Å². The fraction of sp³-hybridized carbons (Fsp3) is 0.526. The predicted octanol–water partition coefficient (Wildman–Crippen LogP) is 0.631. The lowest BCUT2D eigenvalue weighted by Gasteiger charge is -2.41. The first kappa shape index (κ1) is 17.0. The molecule has 4 rings (SSSR count). The predicted molar refractivity (Wildman–Crippen MR) is 94.8 cm³/mol. The SMILES string of the molecule is O=C1CC(C(=O)O)C2(CCN(CC(=O)N3CCc4ccccc43)CC2)N1. The van der Waals surface area contributed by atoms with Crippen LogP contribution in [0.4, 0.5) is 5.69 Å². The normalized spacial score (nSPS) is 24.5. The van der Waals surface area contributed by atoms with Gasteiger partial charge in [-0.1, -0.05) is 18.2 Å². The Bertz CT molecular complexity index is 755. The molecule has 2 saturated heterocycles. The number of benzene rings is 1. The molecule has 7 heteroatoms. The topological polar surface area (TPSA) is 90.0 Å². The minimum atomic E-state index is -0.915. The van der Waals surface area contributed by atoms with Gasteiger partial charge in [0.25, 0.3) is 0 Å². The lowest BCUT2D eigenvalue weighted by Crippen LogP contribution is -2.56. The van der Waals surface area contributed by atoms with Gasteiger partial charge in [-0.25, -0.2) is 0 Å². The van der Waals surface area contributed by atoms with Gasteiger partial charge in [0.1, 0.15) is 0 Å². The minimum absolute atomic E-state index is 0.0544. The first-order chi connectivity index (χ1) is 12.5. The number of aliphatic carboxylic acids is 1.